The summed E-state index contributed by atoms with van der Waals surface area (Å²) in [6, 6.07) is 7.32. The fraction of sp³-hybridized carbons (Fsp3) is 0.600. The van der Waals surface area contributed by atoms with Crippen LogP contribution in [0.4, 0.5) is 0 Å². The minimum absolute atomic E-state index is 0.539. The monoisotopic (exact) mass is 251 g/mol. The second-order valence-corrected chi connectivity index (χ2v) is 6.46. The number of rotatable bonds is 6. The summed E-state index contributed by atoms with van der Waals surface area (Å²) in [5.74, 6) is 0. The quantitative estimate of drug-likeness (QED) is 0.753. The van der Waals surface area contributed by atoms with E-state index >= 15 is 0 Å². The molecule has 0 bridgehead atoms. The maximum absolute atomic E-state index is 3.51. The van der Waals surface area contributed by atoms with Gasteiger partial charge in [-0.15, -0.1) is 11.8 Å². The van der Waals surface area contributed by atoms with Gasteiger partial charge in [0.2, 0.25) is 0 Å². The Hall–Kier alpha value is -0.470. The molecule has 0 aromatic heterocycles. The lowest BCUT2D eigenvalue weighted by molar-refractivity contribution is 0.584. The average molecular weight is 251 g/mol. The van der Waals surface area contributed by atoms with Crippen LogP contribution in [0.25, 0.3) is 0 Å². The molecule has 1 N–H and O–H groups in total. The van der Waals surface area contributed by atoms with Crippen LogP contribution in [0.3, 0.4) is 0 Å². The lowest BCUT2D eigenvalue weighted by atomic mass is 10.1. The second-order valence-electron chi connectivity index (χ2n) is 4.98. The highest BCUT2D eigenvalue weighted by Gasteiger charge is 2.07. The molecule has 0 saturated heterocycles. The van der Waals surface area contributed by atoms with Crippen LogP contribution >= 0.6 is 11.8 Å². The van der Waals surface area contributed by atoms with E-state index in [0.29, 0.717) is 11.3 Å². The molecule has 0 aliphatic rings. The lowest BCUT2D eigenvalue weighted by Gasteiger charge is -2.15. The topological polar surface area (TPSA) is 12.0 Å². The first-order valence-electron chi connectivity index (χ1n) is 6.52. The molecule has 1 rings (SSSR count). The standard InChI is InChI=1S/C15H25NS/c1-6-13(5)17-15-8-7-12(4)9-14(15)10-16-11(2)3/h7-9,11,13,16H,6,10H2,1-5H3. The fourth-order valence-corrected chi connectivity index (χ4v) is 2.60. The van der Waals surface area contributed by atoms with Crippen LogP contribution in [0.1, 0.15) is 45.2 Å². The summed E-state index contributed by atoms with van der Waals surface area (Å²) in [5, 5.41) is 4.20. The predicted octanol–water partition coefficient (Wildman–Crippen LogP) is 4.38. The van der Waals surface area contributed by atoms with Gasteiger partial charge in [0, 0.05) is 22.7 Å². The predicted molar refractivity (Wildman–Crippen MR) is 78.8 cm³/mol. The molecule has 1 nitrogen and oxygen atoms in total. The molecule has 1 atom stereocenters. The van der Waals surface area contributed by atoms with Gasteiger partial charge >= 0.3 is 0 Å². The first-order valence-corrected chi connectivity index (χ1v) is 7.40. The van der Waals surface area contributed by atoms with E-state index in [9.17, 15) is 0 Å². The first-order chi connectivity index (χ1) is 8.02. The molecular formula is C15H25NS. The second kappa shape index (κ2) is 7.07. The summed E-state index contributed by atoms with van der Waals surface area (Å²) in [6.45, 7) is 12.1. The first kappa shape index (κ1) is 14.6. The Morgan fingerprint density at radius 3 is 2.53 bits per heavy atom. The Morgan fingerprint density at radius 2 is 1.94 bits per heavy atom. The Labute approximate surface area is 110 Å². The maximum Gasteiger partial charge on any atom is 0.0219 e. The Kier molecular flexibility index (Phi) is 6.07. The molecule has 0 spiro atoms. The fourth-order valence-electron chi connectivity index (χ4n) is 1.58. The van der Waals surface area contributed by atoms with Crippen molar-refractivity contribution in [3.63, 3.8) is 0 Å². The highest BCUT2D eigenvalue weighted by molar-refractivity contribution is 8.00. The summed E-state index contributed by atoms with van der Waals surface area (Å²) in [7, 11) is 0. The molecule has 1 aromatic carbocycles. The third kappa shape index (κ3) is 5.13. The minimum Gasteiger partial charge on any atom is -0.310 e. The van der Waals surface area contributed by atoms with Crippen LogP contribution < -0.4 is 5.32 Å². The Balaban J connectivity index is 2.79. The molecule has 17 heavy (non-hydrogen) atoms. The van der Waals surface area contributed by atoms with Crippen LogP contribution in [0.5, 0.6) is 0 Å². The van der Waals surface area contributed by atoms with Crippen molar-refractivity contribution in [3.05, 3.63) is 29.3 Å². The summed E-state index contributed by atoms with van der Waals surface area (Å²) in [4.78, 5) is 1.43. The number of hydrogen-bond donors (Lipinski definition) is 1. The molecule has 0 saturated carbocycles. The Morgan fingerprint density at radius 1 is 1.24 bits per heavy atom. The molecule has 2 heteroatoms. The molecule has 0 aliphatic heterocycles. The molecule has 1 aromatic rings. The van der Waals surface area contributed by atoms with Crippen molar-refractivity contribution >= 4 is 11.8 Å². The van der Waals surface area contributed by atoms with Crippen molar-refractivity contribution in [1.82, 2.24) is 5.32 Å². The van der Waals surface area contributed by atoms with Gasteiger partial charge in [-0.3, -0.25) is 0 Å². The highest BCUT2D eigenvalue weighted by atomic mass is 32.2. The van der Waals surface area contributed by atoms with E-state index in [1.165, 1.54) is 22.4 Å². The van der Waals surface area contributed by atoms with Crippen LogP contribution in [-0.4, -0.2) is 11.3 Å². The molecule has 1 unspecified atom stereocenters. The van der Waals surface area contributed by atoms with Crippen molar-refractivity contribution in [2.45, 2.75) is 63.8 Å². The van der Waals surface area contributed by atoms with Crippen molar-refractivity contribution < 1.29 is 0 Å². The largest absolute Gasteiger partial charge is 0.310 e. The average Bonchev–Trinajstić information content (AvgIpc) is 2.29. The van der Waals surface area contributed by atoms with Gasteiger partial charge in [-0.1, -0.05) is 45.4 Å². The molecule has 96 valence electrons. The van der Waals surface area contributed by atoms with Crippen LogP contribution in [0.15, 0.2) is 23.1 Å². The van der Waals surface area contributed by atoms with Crippen molar-refractivity contribution in [3.8, 4) is 0 Å². The number of thioether (sulfide) groups is 1. The van der Waals surface area contributed by atoms with Gasteiger partial charge in [0.05, 0.1) is 0 Å². The minimum atomic E-state index is 0.539. The summed E-state index contributed by atoms with van der Waals surface area (Å²) in [6.07, 6.45) is 1.22. The number of aryl methyl sites for hydroxylation is 1. The normalized spacial score (nSPS) is 13.1. The van der Waals surface area contributed by atoms with E-state index in [1.54, 1.807) is 0 Å². The van der Waals surface area contributed by atoms with Crippen LogP contribution in [-0.2, 0) is 6.54 Å². The molecule has 0 heterocycles. The molecular weight excluding hydrogens is 226 g/mol. The van der Waals surface area contributed by atoms with E-state index < -0.39 is 0 Å². The molecule has 0 radical (unpaired) electrons. The highest BCUT2D eigenvalue weighted by Crippen LogP contribution is 2.29. The number of benzene rings is 1. The lowest BCUT2D eigenvalue weighted by Crippen LogP contribution is -2.22. The van der Waals surface area contributed by atoms with E-state index in [0.717, 1.165) is 6.54 Å². The van der Waals surface area contributed by atoms with Crippen molar-refractivity contribution in [2.75, 3.05) is 0 Å². The summed E-state index contributed by atoms with van der Waals surface area (Å²) < 4.78 is 0. The smallest absolute Gasteiger partial charge is 0.0219 e. The van der Waals surface area contributed by atoms with Gasteiger partial charge in [-0.25, -0.2) is 0 Å². The number of nitrogens with one attached hydrogen (secondary N) is 1. The zero-order valence-corrected chi connectivity index (χ0v) is 12.5. The van der Waals surface area contributed by atoms with Crippen molar-refractivity contribution in [1.29, 1.82) is 0 Å². The summed E-state index contributed by atoms with van der Waals surface area (Å²) in [5.41, 5.74) is 2.78. The molecule has 0 amide bonds. The van der Waals surface area contributed by atoms with E-state index in [2.05, 4.69) is 58.1 Å². The molecule has 0 fully saturated rings. The van der Waals surface area contributed by atoms with Gasteiger partial charge in [0.15, 0.2) is 0 Å². The van der Waals surface area contributed by atoms with Crippen LogP contribution in [0.2, 0.25) is 0 Å². The zero-order valence-electron chi connectivity index (χ0n) is 11.7. The third-order valence-corrected chi connectivity index (χ3v) is 4.21. The van der Waals surface area contributed by atoms with E-state index in [-0.39, 0.29) is 0 Å². The van der Waals surface area contributed by atoms with Crippen molar-refractivity contribution in [2.24, 2.45) is 0 Å². The Bertz CT molecular complexity index is 347. The van der Waals surface area contributed by atoms with Gasteiger partial charge < -0.3 is 5.32 Å². The number of hydrogen-bond acceptors (Lipinski definition) is 2. The van der Waals surface area contributed by atoms with Gasteiger partial charge in [-0.2, -0.15) is 0 Å². The zero-order chi connectivity index (χ0) is 12.8. The third-order valence-electron chi connectivity index (χ3n) is 2.82. The van der Waals surface area contributed by atoms with Gasteiger partial charge in [0.25, 0.3) is 0 Å². The van der Waals surface area contributed by atoms with E-state index in [1.807, 2.05) is 11.8 Å². The summed E-state index contributed by atoms with van der Waals surface area (Å²) >= 11 is 1.99. The SMILES string of the molecule is CCC(C)Sc1ccc(C)cc1CNC(C)C. The molecule has 0 aliphatic carbocycles. The van der Waals surface area contributed by atoms with Gasteiger partial charge in [-0.05, 0) is 25.0 Å². The van der Waals surface area contributed by atoms with E-state index in [4.69, 9.17) is 0 Å². The van der Waals surface area contributed by atoms with Crippen LogP contribution in [0, 0.1) is 6.92 Å². The van der Waals surface area contributed by atoms with Gasteiger partial charge in [0.1, 0.15) is 0 Å². The maximum atomic E-state index is 3.51.